The number of likely N-dealkylation sites (tertiary alicyclic amines) is 1. The molecule has 0 saturated carbocycles. The molecule has 0 radical (unpaired) electrons. The van der Waals surface area contributed by atoms with Crippen molar-refractivity contribution in [2.75, 3.05) is 19.7 Å². The highest BCUT2D eigenvalue weighted by molar-refractivity contribution is 6.33. The van der Waals surface area contributed by atoms with E-state index in [1.807, 2.05) is 0 Å². The number of carbonyl (C=O) groups is 3. The first-order valence-corrected chi connectivity index (χ1v) is 7.58. The zero-order valence-corrected chi connectivity index (χ0v) is 12.9. The van der Waals surface area contributed by atoms with Gasteiger partial charge in [-0.1, -0.05) is 11.6 Å². The lowest BCUT2D eigenvalue weighted by atomic mass is 10.0. The van der Waals surface area contributed by atoms with Gasteiger partial charge in [0.25, 0.3) is 11.8 Å². The summed E-state index contributed by atoms with van der Waals surface area (Å²) in [6, 6.07) is 3.38. The van der Waals surface area contributed by atoms with Crippen molar-refractivity contribution in [1.82, 2.24) is 9.80 Å². The Hall–Kier alpha value is -2.15. The fourth-order valence-electron chi connectivity index (χ4n) is 2.88. The Morgan fingerprint density at radius 1 is 1.26 bits per heavy atom. The van der Waals surface area contributed by atoms with Crippen LogP contribution in [-0.4, -0.2) is 53.4 Å². The number of cyclic esters (lactones) is 1. The molecular weight excluding hydrogens is 327 g/mol. The molecule has 0 bridgehead atoms. The number of amides is 3. The average Bonchev–Trinajstić information content (AvgIpc) is 2.86. The summed E-state index contributed by atoms with van der Waals surface area (Å²) in [5, 5.41) is 0.0652. The molecule has 2 aliphatic heterocycles. The van der Waals surface area contributed by atoms with Gasteiger partial charge in [-0.15, -0.1) is 0 Å². The predicted octanol–water partition coefficient (Wildman–Crippen LogP) is 2.06. The van der Waals surface area contributed by atoms with Gasteiger partial charge < -0.3 is 9.64 Å². The van der Waals surface area contributed by atoms with Crippen LogP contribution in [0.4, 0.5) is 9.18 Å². The number of benzene rings is 1. The molecule has 2 heterocycles. The molecule has 0 N–H and O–H groups in total. The summed E-state index contributed by atoms with van der Waals surface area (Å²) in [7, 11) is 0. The SMILES string of the molecule is O=C(c1ccc(F)cc1Cl)N1CCC(N2C(=O)COC2=O)CC1. The first-order valence-electron chi connectivity index (χ1n) is 7.20. The van der Waals surface area contributed by atoms with Crippen molar-refractivity contribution in [3.63, 3.8) is 0 Å². The lowest BCUT2D eigenvalue weighted by Crippen LogP contribution is -2.48. The van der Waals surface area contributed by atoms with Crippen LogP contribution in [0.15, 0.2) is 18.2 Å². The van der Waals surface area contributed by atoms with Crippen LogP contribution < -0.4 is 0 Å². The maximum atomic E-state index is 13.1. The molecule has 1 aromatic rings. The number of nitrogens with zero attached hydrogens (tertiary/aromatic N) is 2. The zero-order valence-electron chi connectivity index (χ0n) is 12.1. The molecule has 2 saturated heterocycles. The van der Waals surface area contributed by atoms with E-state index in [4.69, 9.17) is 16.3 Å². The third-order valence-electron chi connectivity index (χ3n) is 4.06. The smallest absolute Gasteiger partial charge is 0.417 e. The van der Waals surface area contributed by atoms with Gasteiger partial charge in [-0.05, 0) is 31.0 Å². The number of carbonyl (C=O) groups excluding carboxylic acids is 3. The zero-order chi connectivity index (χ0) is 16.6. The van der Waals surface area contributed by atoms with Gasteiger partial charge in [0.1, 0.15) is 5.82 Å². The summed E-state index contributed by atoms with van der Waals surface area (Å²) in [4.78, 5) is 38.3. The van der Waals surface area contributed by atoms with Crippen LogP contribution in [0.25, 0.3) is 0 Å². The van der Waals surface area contributed by atoms with Crippen molar-refractivity contribution in [3.8, 4) is 0 Å². The van der Waals surface area contributed by atoms with E-state index in [2.05, 4.69) is 0 Å². The average molecular weight is 341 g/mol. The Bertz CT molecular complexity index is 657. The van der Waals surface area contributed by atoms with Gasteiger partial charge in [-0.2, -0.15) is 0 Å². The molecule has 2 fully saturated rings. The maximum absolute atomic E-state index is 13.1. The van der Waals surface area contributed by atoms with Gasteiger partial charge in [0.15, 0.2) is 6.61 Å². The number of rotatable bonds is 2. The summed E-state index contributed by atoms with van der Waals surface area (Å²) in [5.41, 5.74) is 0.239. The fraction of sp³-hybridized carbons (Fsp3) is 0.400. The molecule has 1 aromatic carbocycles. The standard InChI is InChI=1S/C15H14ClFN2O4/c16-12-7-9(17)1-2-11(12)14(21)18-5-3-10(4-6-18)19-13(20)8-23-15(19)22/h1-2,7,10H,3-6,8H2. The van der Waals surface area contributed by atoms with Gasteiger partial charge in [0.2, 0.25) is 0 Å². The topological polar surface area (TPSA) is 66.9 Å². The lowest BCUT2D eigenvalue weighted by Gasteiger charge is -2.34. The molecule has 0 spiro atoms. The Kier molecular flexibility index (Phi) is 4.21. The quantitative estimate of drug-likeness (QED) is 0.826. The van der Waals surface area contributed by atoms with Gasteiger partial charge in [0, 0.05) is 19.1 Å². The first kappa shape index (κ1) is 15.7. The molecule has 3 rings (SSSR count). The number of imide groups is 1. The van der Waals surface area contributed by atoms with Crippen molar-refractivity contribution in [2.24, 2.45) is 0 Å². The number of halogens is 2. The van der Waals surface area contributed by atoms with Crippen molar-refractivity contribution < 1.29 is 23.5 Å². The fourth-order valence-corrected chi connectivity index (χ4v) is 3.13. The summed E-state index contributed by atoms with van der Waals surface area (Å²) < 4.78 is 17.8. The van der Waals surface area contributed by atoms with E-state index in [0.29, 0.717) is 25.9 Å². The molecule has 23 heavy (non-hydrogen) atoms. The first-order chi connectivity index (χ1) is 11.0. The van der Waals surface area contributed by atoms with E-state index >= 15 is 0 Å². The predicted molar refractivity (Wildman–Crippen MR) is 78.5 cm³/mol. The van der Waals surface area contributed by atoms with Crippen LogP contribution in [0.5, 0.6) is 0 Å². The minimum Gasteiger partial charge on any atom is -0.439 e. The van der Waals surface area contributed by atoms with Gasteiger partial charge in [-0.3, -0.25) is 9.59 Å². The number of hydrogen-bond donors (Lipinski definition) is 0. The number of piperidine rings is 1. The molecule has 122 valence electrons. The third-order valence-corrected chi connectivity index (χ3v) is 4.38. The maximum Gasteiger partial charge on any atom is 0.417 e. The van der Waals surface area contributed by atoms with Crippen LogP contribution in [0.2, 0.25) is 5.02 Å². The molecule has 2 aliphatic rings. The largest absolute Gasteiger partial charge is 0.439 e. The number of ether oxygens (including phenoxy) is 1. The second kappa shape index (κ2) is 6.16. The Morgan fingerprint density at radius 3 is 2.52 bits per heavy atom. The highest BCUT2D eigenvalue weighted by atomic mass is 35.5. The summed E-state index contributed by atoms with van der Waals surface area (Å²) in [6.45, 7) is 0.547. The van der Waals surface area contributed by atoms with E-state index in [1.54, 1.807) is 4.90 Å². The van der Waals surface area contributed by atoms with Crippen molar-refractivity contribution >= 4 is 29.5 Å². The molecule has 0 aliphatic carbocycles. The summed E-state index contributed by atoms with van der Waals surface area (Å²) in [5.74, 6) is -1.14. The van der Waals surface area contributed by atoms with E-state index < -0.39 is 11.9 Å². The van der Waals surface area contributed by atoms with E-state index in [1.165, 1.54) is 12.1 Å². The normalized spacial score (nSPS) is 19.2. The Balaban J connectivity index is 1.65. The van der Waals surface area contributed by atoms with Gasteiger partial charge >= 0.3 is 6.09 Å². The second-order valence-corrected chi connectivity index (χ2v) is 5.87. The molecule has 0 atom stereocenters. The van der Waals surface area contributed by atoms with Crippen molar-refractivity contribution in [2.45, 2.75) is 18.9 Å². The molecular formula is C15H14ClFN2O4. The second-order valence-electron chi connectivity index (χ2n) is 5.47. The summed E-state index contributed by atoms with van der Waals surface area (Å²) >= 11 is 5.91. The van der Waals surface area contributed by atoms with E-state index in [0.717, 1.165) is 11.0 Å². The minimum absolute atomic E-state index is 0.0652. The van der Waals surface area contributed by atoms with E-state index in [9.17, 15) is 18.8 Å². The third kappa shape index (κ3) is 3.01. The lowest BCUT2D eigenvalue weighted by molar-refractivity contribution is -0.127. The molecule has 0 unspecified atom stereocenters. The van der Waals surface area contributed by atoms with E-state index in [-0.39, 0.29) is 35.0 Å². The van der Waals surface area contributed by atoms with Crippen LogP contribution in [-0.2, 0) is 9.53 Å². The Morgan fingerprint density at radius 2 is 1.96 bits per heavy atom. The van der Waals surface area contributed by atoms with Crippen LogP contribution in [0, 0.1) is 5.82 Å². The van der Waals surface area contributed by atoms with Crippen LogP contribution >= 0.6 is 11.6 Å². The highest BCUT2D eigenvalue weighted by Crippen LogP contribution is 2.24. The van der Waals surface area contributed by atoms with Crippen LogP contribution in [0.3, 0.4) is 0 Å². The number of hydrogen-bond acceptors (Lipinski definition) is 4. The highest BCUT2D eigenvalue weighted by Gasteiger charge is 2.39. The molecule has 0 aromatic heterocycles. The minimum atomic E-state index is -0.624. The Labute approximate surface area is 136 Å². The monoisotopic (exact) mass is 340 g/mol. The van der Waals surface area contributed by atoms with Crippen molar-refractivity contribution in [3.05, 3.63) is 34.6 Å². The van der Waals surface area contributed by atoms with Crippen LogP contribution in [0.1, 0.15) is 23.2 Å². The molecule has 6 nitrogen and oxygen atoms in total. The molecule has 3 amide bonds. The van der Waals surface area contributed by atoms with Gasteiger partial charge in [0.05, 0.1) is 10.6 Å². The van der Waals surface area contributed by atoms with Gasteiger partial charge in [-0.25, -0.2) is 14.1 Å². The van der Waals surface area contributed by atoms with Crippen molar-refractivity contribution in [1.29, 1.82) is 0 Å². The molecule has 8 heteroatoms. The summed E-state index contributed by atoms with van der Waals surface area (Å²) in [6.07, 6.45) is 0.331.